The molecule has 0 bridgehead atoms. The van der Waals surface area contributed by atoms with Crippen molar-refractivity contribution in [3.63, 3.8) is 0 Å². The molecule has 3 aliphatic rings. The number of nitrogens with zero attached hydrogens (tertiary/aromatic N) is 3. The summed E-state index contributed by atoms with van der Waals surface area (Å²) in [5.41, 5.74) is 1.43. The van der Waals surface area contributed by atoms with Gasteiger partial charge in [-0.05, 0) is 55.7 Å². The van der Waals surface area contributed by atoms with Gasteiger partial charge in [0.2, 0.25) is 10.0 Å². The maximum atomic E-state index is 13.6. The number of fused-ring (bicyclic) bond motifs is 1. The first kappa shape index (κ1) is 20.7. The number of benzene rings is 1. The minimum Gasteiger partial charge on any atom is -0.371 e. The standard InChI is InChI=1S/C22H33N3O3S/c1-23(2)29(27,28)19-9-10-21(24-12-5-6-13-24)20(15-19)22(26)25-14-11-17-7-3-4-8-18(17)16-25/h9-10,15,17-18H,3-8,11-14,16H2,1-2H3/t17-,18+/m1/s1. The molecule has 160 valence electrons. The van der Waals surface area contributed by atoms with Crippen LogP contribution in [0.5, 0.6) is 0 Å². The van der Waals surface area contributed by atoms with Gasteiger partial charge in [-0.2, -0.15) is 0 Å². The Morgan fingerprint density at radius 3 is 2.34 bits per heavy atom. The Labute approximate surface area is 174 Å². The maximum Gasteiger partial charge on any atom is 0.256 e. The molecule has 0 unspecified atom stereocenters. The topological polar surface area (TPSA) is 60.9 Å². The van der Waals surface area contributed by atoms with Gasteiger partial charge in [0.05, 0.1) is 10.5 Å². The van der Waals surface area contributed by atoms with E-state index in [1.54, 1.807) is 12.1 Å². The number of sulfonamides is 1. The third kappa shape index (κ3) is 4.04. The van der Waals surface area contributed by atoms with E-state index < -0.39 is 10.0 Å². The van der Waals surface area contributed by atoms with Crippen LogP contribution in [-0.2, 0) is 10.0 Å². The van der Waals surface area contributed by atoms with Gasteiger partial charge in [0, 0.05) is 46.0 Å². The molecule has 0 N–H and O–H groups in total. The van der Waals surface area contributed by atoms with Crippen molar-refractivity contribution in [2.45, 2.75) is 49.8 Å². The van der Waals surface area contributed by atoms with Crippen LogP contribution in [0.15, 0.2) is 23.1 Å². The maximum absolute atomic E-state index is 13.6. The molecule has 4 rings (SSSR count). The van der Waals surface area contributed by atoms with Gasteiger partial charge in [-0.3, -0.25) is 4.79 Å². The summed E-state index contributed by atoms with van der Waals surface area (Å²) >= 11 is 0. The van der Waals surface area contributed by atoms with Crippen LogP contribution in [0.1, 0.15) is 55.3 Å². The number of amides is 1. The first-order chi connectivity index (χ1) is 13.9. The molecule has 0 aromatic heterocycles. The summed E-state index contributed by atoms with van der Waals surface area (Å²) in [6.45, 7) is 3.44. The Bertz CT molecular complexity index is 862. The molecule has 7 heteroatoms. The zero-order chi connectivity index (χ0) is 20.6. The van der Waals surface area contributed by atoms with Gasteiger partial charge in [0.1, 0.15) is 0 Å². The number of rotatable bonds is 4. The van der Waals surface area contributed by atoms with Crippen molar-refractivity contribution < 1.29 is 13.2 Å². The summed E-state index contributed by atoms with van der Waals surface area (Å²) in [4.78, 5) is 18.0. The average Bonchev–Trinajstić information content (AvgIpc) is 3.27. The van der Waals surface area contributed by atoms with Crippen molar-refractivity contribution in [2.24, 2.45) is 11.8 Å². The van der Waals surface area contributed by atoms with Crippen molar-refractivity contribution >= 4 is 21.6 Å². The zero-order valence-corrected chi connectivity index (χ0v) is 18.5. The summed E-state index contributed by atoms with van der Waals surface area (Å²) in [6.07, 6.45) is 8.38. The van der Waals surface area contributed by atoms with Gasteiger partial charge in [-0.15, -0.1) is 0 Å². The first-order valence-corrected chi connectivity index (χ1v) is 12.4. The second kappa shape index (κ2) is 8.26. The largest absolute Gasteiger partial charge is 0.371 e. The third-order valence-corrected chi connectivity index (χ3v) is 8.81. The van der Waals surface area contributed by atoms with E-state index in [4.69, 9.17) is 0 Å². The van der Waals surface area contributed by atoms with Crippen LogP contribution in [0.2, 0.25) is 0 Å². The van der Waals surface area contributed by atoms with Gasteiger partial charge in [0.25, 0.3) is 5.91 Å². The molecule has 29 heavy (non-hydrogen) atoms. The van der Waals surface area contributed by atoms with E-state index in [0.29, 0.717) is 11.5 Å². The van der Waals surface area contributed by atoms with Gasteiger partial charge >= 0.3 is 0 Å². The molecule has 0 spiro atoms. The SMILES string of the molecule is CN(C)S(=O)(=O)c1ccc(N2CCCC2)c(C(=O)N2CC[C@H]3CCCC[C@H]3C2)c1. The van der Waals surface area contributed by atoms with Crippen LogP contribution >= 0.6 is 0 Å². The summed E-state index contributed by atoms with van der Waals surface area (Å²) in [6, 6.07) is 5.09. The van der Waals surface area contributed by atoms with Crippen molar-refractivity contribution in [3.05, 3.63) is 23.8 Å². The molecule has 1 saturated carbocycles. The van der Waals surface area contributed by atoms with Crippen LogP contribution in [0, 0.1) is 11.8 Å². The number of piperidine rings is 1. The molecule has 3 fully saturated rings. The first-order valence-electron chi connectivity index (χ1n) is 11.0. The Kier molecular flexibility index (Phi) is 5.89. The molecular weight excluding hydrogens is 386 g/mol. The van der Waals surface area contributed by atoms with Crippen LogP contribution in [0.3, 0.4) is 0 Å². The predicted molar refractivity (Wildman–Crippen MR) is 115 cm³/mol. The number of hydrogen-bond acceptors (Lipinski definition) is 4. The van der Waals surface area contributed by atoms with Crippen molar-refractivity contribution in [1.82, 2.24) is 9.21 Å². The van der Waals surface area contributed by atoms with Gasteiger partial charge < -0.3 is 9.80 Å². The van der Waals surface area contributed by atoms with E-state index in [9.17, 15) is 13.2 Å². The van der Waals surface area contributed by atoms with Gasteiger partial charge in [-0.1, -0.05) is 19.3 Å². The molecule has 2 aliphatic heterocycles. The lowest BCUT2D eigenvalue weighted by atomic mass is 9.75. The minimum absolute atomic E-state index is 0.00766. The van der Waals surface area contributed by atoms with Gasteiger partial charge in [-0.25, -0.2) is 12.7 Å². The number of hydrogen-bond donors (Lipinski definition) is 0. The summed E-state index contributed by atoms with van der Waals surface area (Å²) < 4.78 is 26.6. The van der Waals surface area contributed by atoms with E-state index in [1.807, 2.05) is 11.0 Å². The number of carbonyl (C=O) groups excluding carboxylic acids is 1. The number of anilines is 1. The average molecular weight is 420 g/mol. The molecule has 1 amide bonds. The lowest BCUT2D eigenvalue weighted by Crippen LogP contribution is -2.45. The highest BCUT2D eigenvalue weighted by Gasteiger charge is 2.35. The van der Waals surface area contributed by atoms with Crippen LogP contribution < -0.4 is 4.90 Å². The molecule has 2 atom stereocenters. The molecule has 1 aromatic rings. The fourth-order valence-corrected chi connectivity index (χ4v) is 6.18. The Morgan fingerprint density at radius 1 is 0.966 bits per heavy atom. The summed E-state index contributed by atoms with van der Waals surface area (Å²) in [5.74, 6) is 1.35. The molecule has 1 aromatic carbocycles. The summed E-state index contributed by atoms with van der Waals surface area (Å²) in [7, 11) is -0.525. The van der Waals surface area contributed by atoms with Crippen molar-refractivity contribution in [2.75, 3.05) is 45.2 Å². The van der Waals surface area contributed by atoms with E-state index in [-0.39, 0.29) is 10.8 Å². The van der Waals surface area contributed by atoms with Crippen LogP contribution in [0.25, 0.3) is 0 Å². The molecule has 6 nitrogen and oxygen atoms in total. The second-order valence-electron chi connectivity index (χ2n) is 9.00. The van der Waals surface area contributed by atoms with Crippen molar-refractivity contribution in [1.29, 1.82) is 0 Å². The normalized spacial score (nSPS) is 25.3. The molecular formula is C22H33N3O3S. The third-order valence-electron chi connectivity index (χ3n) is 7.00. The molecule has 0 radical (unpaired) electrons. The lowest BCUT2D eigenvalue weighted by Gasteiger charge is -2.41. The van der Waals surface area contributed by atoms with E-state index in [2.05, 4.69) is 4.90 Å². The molecule has 2 saturated heterocycles. The highest BCUT2D eigenvalue weighted by molar-refractivity contribution is 7.89. The predicted octanol–water partition coefficient (Wildman–Crippen LogP) is 3.19. The number of carbonyl (C=O) groups is 1. The second-order valence-corrected chi connectivity index (χ2v) is 11.2. The fourth-order valence-electron chi connectivity index (χ4n) is 5.25. The number of likely N-dealkylation sites (tertiary alicyclic amines) is 1. The van der Waals surface area contributed by atoms with E-state index in [0.717, 1.165) is 57.0 Å². The lowest BCUT2D eigenvalue weighted by molar-refractivity contribution is 0.0521. The Balaban J connectivity index is 1.66. The quantitative estimate of drug-likeness (QED) is 0.752. The van der Waals surface area contributed by atoms with Crippen LogP contribution in [0.4, 0.5) is 5.69 Å². The van der Waals surface area contributed by atoms with E-state index >= 15 is 0 Å². The van der Waals surface area contributed by atoms with E-state index in [1.165, 1.54) is 44.1 Å². The highest BCUT2D eigenvalue weighted by atomic mass is 32.2. The van der Waals surface area contributed by atoms with Crippen LogP contribution in [-0.4, -0.2) is 63.8 Å². The highest BCUT2D eigenvalue weighted by Crippen LogP contribution is 2.37. The Morgan fingerprint density at radius 2 is 1.66 bits per heavy atom. The van der Waals surface area contributed by atoms with Crippen molar-refractivity contribution in [3.8, 4) is 0 Å². The monoisotopic (exact) mass is 419 g/mol. The Hall–Kier alpha value is -1.60. The van der Waals surface area contributed by atoms with Gasteiger partial charge in [0.15, 0.2) is 0 Å². The summed E-state index contributed by atoms with van der Waals surface area (Å²) in [5, 5.41) is 0. The smallest absolute Gasteiger partial charge is 0.256 e. The minimum atomic E-state index is -3.58. The molecule has 2 heterocycles. The molecule has 1 aliphatic carbocycles. The fraction of sp³-hybridized carbons (Fsp3) is 0.682. The zero-order valence-electron chi connectivity index (χ0n) is 17.6.